The number of nitrogens with zero attached hydrogens (tertiary/aromatic N) is 1. The van der Waals surface area contributed by atoms with Gasteiger partial charge in [-0.2, -0.15) is 13.2 Å². The average Bonchev–Trinajstić information content (AvgIpc) is 3.22. The van der Waals surface area contributed by atoms with Crippen LogP contribution in [0.3, 0.4) is 0 Å². The Morgan fingerprint density at radius 3 is 2.73 bits per heavy atom. The first-order valence-corrected chi connectivity index (χ1v) is 9.07. The third-order valence-electron chi connectivity index (χ3n) is 4.22. The number of halogens is 3. The van der Waals surface area contributed by atoms with Gasteiger partial charge in [0.25, 0.3) is 0 Å². The quantitative estimate of drug-likeness (QED) is 0.830. The third kappa shape index (κ3) is 3.95. The first kappa shape index (κ1) is 18.6. The fourth-order valence-corrected chi connectivity index (χ4v) is 4.04. The van der Waals surface area contributed by atoms with Crippen LogP contribution in [0.1, 0.15) is 18.4 Å². The van der Waals surface area contributed by atoms with Crippen LogP contribution >= 0.6 is 11.8 Å². The molecule has 0 unspecified atom stereocenters. The second-order valence-corrected chi connectivity index (χ2v) is 7.05. The van der Waals surface area contributed by atoms with E-state index in [0.29, 0.717) is 18.1 Å². The summed E-state index contributed by atoms with van der Waals surface area (Å²) in [7, 11) is 0. The van der Waals surface area contributed by atoms with Crippen LogP contribution in [-0.2, 0) is 20.6 Å². The Bertz CT molecular complexity index is 741. The van der Waals surface area contributed by atoms with Gasteiger partial charge in [-0.25, -0.2) is 0 Å². The van der Waals surface area contributed by atoms with Gasteiger partial charge in [-0.05, 0) is 24.6 Å². The molecule has 3 rings (SSSR count). The summed E-state index contributed by atoms with van der Waals surface area (Å²) in [5.74, 6) is -0.458. The van der Waals surface area contributed by atoms with Gasteiger partial charge in [0.2, 0.25) is 17.7 Å². The van der Waals surface area contributed by atoms with E-state index in [1.807, 2.05) is 0 Å². The zero-order chi connectivity index (χ0) is 18.9. The monoisotopic (exact) mass is 387 g/mol. The lowest BCUT2D eigenvalue weighted by atomic mass is 10.1. The summed E-state index contributed by atoms with van der Waals surface area (Å²) >= 11 is 1.38. The van der Waals surface area contributed by atoms with Gasteiger partial charge in [-0.3, -0.25) is 14.4 Å². The van der Waals surface area contributed by atoms with Crippen molar-refractivity contribution >= 4 is 35.2 Å². The van der Waals surface area contributed by atoms with Crippen molar-refractivity contribution < 1.29 is 27.6 Å². The maximum atomic E-state index is 12.8. The fourth-order valence-electron chi connectivity index (χ4n) is 2.88. The maximum Gasteiger partial charge on any atom is 0.416 e. The van der Waals surface area contributed by atoms with Crippen LogP contribution in [0.15, 0.2) is 24.3 Å². The second-order valence-electron chi connectivity index (χ2n) is 6.05. The van der Waals surface area contributed by atoms with Gasteiger partial charge in [-0.15, -0.1) is 11.8 Å². The highest BCUT2D eigenvalue weighted by Crippen LogP contribution is 2.31. The summed E-state index contributed by atoms with van der Waals surface area (Å²) < 4.78 is 38.3. The number of nitrogens with one attached hydrogen (secondary N) is 2. The molecule has 2 aliphatic rings. The minimum atomic E-state index is -4.51. The molecule has 2 aliphatic heterocycles. The topological polar surface area (TPSA) is 78.5 Å². The molecule has 0 bridgehead atoms. The number of rotatable bonds is 3. The molecule has 0 aromatic heterocycles. The zero-order valence-electron chi connectivity index (χ0n) is 13.5. The lowest BCUT2D eigenvalue weighted by molar-refractivity contribution is -0.138. The van der Waals surface area contributed by atoms with Crippen LogP contribution in [0.2, 0.25) is 0 Å². The van der Waals surface area contributed by atoms with E-state index < -0.39 is 29.7 Å². The summed E-state index contributed by atoms with van der Waals surface area (Å²) in [5, 5.41) is 5.01. The molecule has 3 amide bonds. The van der Waals surface area contributed by atoms with Crippen LogP contribution in [0.5, 0.6) is 0 Å². The molecule has 0 aliphatic carbocycles. The summed E-state index contributed by atoms with van der Waals surface area (Å²) in [6.45, 7) is 0. The molecular formula is C16H16F3N3O3S. The van der Waals surface area contributed by atoms with E-state index >= 15 is 0 Å². The highest BCUT2D eigenvalue weighted by molar-refractivity contribution is 7.99. The number of hydrogen-bond acceptors (Lipinski definition) is 4. The number of hydrogen-bond donors (Lipinski definition) is 2. The molecule has 1 aromatic carbocycles. The van der Waals surface area contributed by atoms with E-state index in [1.165, 1.54) is 28.8 Å². The standard InChI is InChI=1S/C16H16F3N3O3S/c17-16(18,19)9-2-1-3-10(6-9)20-14(24)12-7-26-8-22(12)15(25)11-4-5-13(23)21-11/h1-3,6,11-12H,4-5,7-8H2,(H,20,24)(H,21,23)/t11-,12-/m0/s1. The fraction of sp³-hybridized carbons (Fsp3) is 0.438. The average molecular weight is 387 g/mol. The normalized spacial score (nSPS) is 23.0. The number of alkyl halides is 3. The molecule has 6 nitrogen and oxygen atoms in total. The molecular weight excluding hydrogens is 371 g/mol. The van der Waals surface area contributed by atoms with E-state index in [2.05, 4.69) is 10.6 Å². The van der Waals surface area contributed by atoms with Gasteiger partial charge in [0.05, 0.1) is 11.4 Å². The van der Waals surface area contributed by atoms with E-state index in [4.69, 9.17) is 0 Å². The van der Waals surface area contributed by atoms with Crippen molar-refractivity contribution in [3.05, 3.63) is 29.8 Å². The summed E-state index contributed by atoms with van der Waals surface area (Å²) in [5.41, 5.74) is -0.846. The van der Waals surface area contributed by atoms with Gasteiger partial charge in [-0.1, -0.05) is 6.07 Å². The smallest absolute Gasteiger partial charge is 0.344 e. The summed E-state index contributed by atoms with van der Waals surface area (Å²) in [6.07, 6.45) is -3.87. The van der Waals surface area contributed by atoms with Crippen molar-refractivity contribution in [1.82, 2.24) is 10.2 Å². The lowest BCUT2D eigenvalue weighted by Crippen LogP contribution is -2.50. The van der Waals surface area contributed by atoms with Crippen LogP contribution in [0.25, 0.3) is 0 Å². The Labute approximate surface area is 151 Å². The number of anilines is 1. The minimum absolute atomic E-state index is 0.0169. The largest absolute Gasteiger partial charge is 0.416 e. The second kappa shape index (κ2) is 7.18. The van der Waals surface area contributed by atoms with Crippen molar-refractivity contribution in [2.24, 2.45) is 0 Å². The van der Waals surface area contributed by atoms with E-state index in [0.717, 1.165) is 12.1 Å². The van der Waals surface area contributed by atoms with Crippen molar-refractivity contribution in [1.29, 1.82) is 0 Å². The first-order chi connectivity index (χ1) is 12.3. The predicted octanol–water partition coefficient (Wildman–Crippen LogP) is 1.82. The Morgan fingerprint density at radius 2 is 2.08 bits per heavy atom. The first-order valence-electron chi connectivity index (χ1n) is 7.91. The highest BCUT2D eigenvalue weighted by atomic mass is 32.2. The Kier molecular flexibility index (Phi) is 5.12. The van der Waals surface area contributed by atoms with Crippen LogP contribution in [0.4, 0.5) is 18.9 Å². The molecule has 2 heterocycles. The number of thioether (sulfide) groups is 1. The highest BCUT2D eigenvalue weighted by Gasteiger charge is 2.40. The molecule has 1 aromatic rings. The zero-order valence-corrected chi connectivity index (χ0v) is 14.3. The molecule has 26 heavy (non-hydrogen) atoms. The van der Waals surface area contributed by atoms with Crippen LogP contribution in [0, 0.1) is 0 Å². The molecule has 2 N–H and O–H groups in total. The van der Waals surface area contributed by atoms with Gasteiger partial charge in [0.1, 0.15) is 12.1 Å². The van der Waals surface area contributed by atoms with E-state index in [1.54, 1.807) is 0 Å². The van der Waals surface area contributed by atoms with Gasteiger partial charge in [0, 0.05) is 17.9 Å². The Hall–Kier alpha value is -2.23. The van der Waals surface area contributed by atoms with Crippen molar-refractivity contribution in [2.45, 2.75) is 31.1 Å². The Balaban J connectivity index is 1.69. The maximum absolute atomic E-state index is 12.8. The number of benzene rings is 1. The molecule has 0 radical (unpaired) electrons. The molecule has 0 spiro atoms. The number of carbonyl (C=O) groups excluding carboxylic acids is 3. The van der Waals surface area contributed by atoms with Gasteiger partial charge < -0.3 is 15.5 Å². The summed E-state index contributed by atoms with van der Waals surface area (Å²) in [6, 6.07) is 2.89. The minimum Gasteiger partial charge on any atom is -0.344 e. The Morgan fingerprint density at radius 1 is 1.31 bits per heavy atom. The summed E-state index contributed by atoms with van der Waals surface area (Å²) in [4.78, 5) is 37.6. The third-order valence-corrected chi connectivity index (χ3v) is 5.23. The van der Waals surface area contributed by atoms with E-state index in [9.17, 15) is 27.6 Å². The predicted molar refractivity (Wildman–Crippen MR) is 89.2 cm³/mol. The number of carbonyl (C=O) groups is 3. The van der Waals surface area contributed by atoms with Crippen LogP contribution in [-0.4, -0.2) is 46.3 Å². The molecule has 2 fully saturated rings. The molecule has 2 saturated heterocycles. The molecule has 2 atom stereocenters. The molecule has 140 valence electrons. The lowest BCUT2D eigenvalue weighted by Gasteiger charge is -2.25. The van der Waals surface area contributed by atoms with Crippen molar-refractivity contribution in [2.75, 3.05) is 16.9 Å². The van der Waals surface area contributed by atoms with Crippen LogP contribution < -0.4 is 10.6 Å². The van der Waals surface area contributed by atoms with Crippen molar-refractivity contribution in [3.63, 3.8) is 0 Å². The van der Waals surface area contributed by atoms with Gasteiger partial charge in [0.15, 0.2) is 0 Å². The molecule has 0 saturated carbocycles. The van der Waals surface area contributed by atoms with E-state index in [-0.39, 0.29) is 23.9 Å². The SMILES string of the molecule is O=C1CC[C@@H](C(=O)N2CSC[C@H]2C(=O)Nc2cccc(C(F)(F)F)c2)N1. The van der Waals surface area contributed by atoms with Crippen molar-refractivity contribution in [3.8, 4) is 0 Å². The van der Waals surface area contributed by atoms with Gasteiger partial charge >= 0.3 is 6.18 Å². The molecule has 10 heteroatoms. The number of amides is 3.